The summed E-state index contributed by atoms with van der Waals surface area (Å²) in [7, 11) is 0. The Labute approximate surface area is 185 Å². The predicted molar refractivity (Wildman–Crippen MR) is 124 cm³/mol. The summed E-state index contributed by atoms with van der Waals surface area (Å²) in [5, 5.41) is 2.25. The van der Waals surface area contributed by atoms with Crippen LogP contribution >= 0.6 is 0 Å². The van der Waals surface area contributed by atoms with Crippen molar-refractivity contribution < 1.29 is 21.2 Å². The molecule has 148 valence electrons. The average Bonchev–Trinajstić information content (AvgIpc) is 2.69. The Bertz CT molecular complexity index is 1170. The first-order valence-corrected chi connectivity index (χ1v) is 12.0. The molecule has 0 N–H and O–H groups in total. The predicted octanol–water partition coefficient (Wildman–Crippen LogP) is 2.49. The fourth-order valence-electron chi connectivity index (χ4n) is 3.45. The summed E-state index contributed by atoms with van der Waals surface area (Å²) >= 11 is -0.321. The van der Waals surface area contributed by atoms with E-state index in [1.54, 1.807) is 0 Å². The van der Waals surface area contributed by atoms with Crippen LogP contribution in [0.4, 0.5) is 0 Å². The molecule has 0 atom stereocenters. The van der Waals surface area contributed by atoms with Gasteiger partial charge < -0.3 is 0 Å². The molecule has 3 aromatic carbocycles. The summed E-state index contributed by atoms with van der Waals surface area (Å²) < 4.78 is 2.74. The number of benzene rings is 3. The standard InChI is InChI=1S/C28H28I/c1-19(2)25-12-8-7-11-23(25)15-16-24-17-22(6)28(18-21(24)5)29-27-14-10-9-13-26(27)20(3)4/h7-14,17-18H,1,3,5-6,15-16H2,2,4H3/q-1. The van der Waals surface area contributed by atoms with Gasteiger partial charge in [0.15, 0.2) is 0 Å². The third kappa shape index (κ3) is 5.16. The Kier molecular flexibility index (Phi) is 6.92. The van der Waals surface area contributed by atoms with E-state index in [-0.39, 0.29) is 21.2 Å². The van der Waals surface area contributed by atoms with E-state index < -0.39 is 0 Å². The van der Waals surface area contributed by atoms with Gasteiger partial charge >= 0.3 is 186 Å². The first-order valence-electron chi connectivity index (χ1n) is 9.81. The summed E-state index contributed by atoms with van der Waals surface area (Å²) in [6.07, 6.45) is 1.95. The Hall–Kier alpha value is -2.39. The molecule has 29 heavy (non-hydrogen) atoms. The third-order valence-corrected chi connectivity index (χ3v) is 8.15. The van der Waals surface area contributed by atoms with Crippen molar-refractivity contribution >= 4 is 24.3 Å². The quantitative estimate of drug-likeness (QED) is 0.446. The fraction of sp³-hybridized carbons (Fsp3) is 0.143. The molecular weight excluding hydrogens is 463 g/mol. The fourth-order valence-corrected chi connectivity index (χ4v) is 6.43. The Balaban J connectivity index is 1.84. The number of hydrogen-bond acceptors (Lipinski definition) is 0. The van der Waals surface area contributed by atoms with Crippen molar-refractivity contribution in [1.82, 2.24) is 0 Å². The van der Waals surface area contributed by atoms with Gasteiger partial charge in [-0.1, -0.05) is 0 Å². The van der Waals surface area contributed by atoms with Crippen molar-refractivity contribution in [2.24, 2.45) is 0 Å². The van der Waals surface area contributed by atoms with Crippen molar-refractivity contribution in [2.45, 2.75) is 26.7 Å². The number of hydrogen-bond donors (Lipinski definition) is 0. The Morgan fingerprint density at radius 1 is 0.690 bits per heavy atom. The van der Waals surface area contributed by atoms with Crippen LogP contribution in [-0.4, -0.2) is 0 Å². The van der Waals surface area contributed by atoms with Gasteiger partial charge in [-0.3, -0.25) is 0 Å². The van der Waals surface area contributed by atoms with Crippen LogP contribution in [0.25, 0.3) is 24.3 Å². The monoisotopic (exact) mass is 491 g/mol. The number of rotatable bonds is 7. The van der Waals surface area contributed by atoms with Crippen LogP contribution in [0, 0.1) is 7.14 Å². The van der Waals surface area contributed by atoms with E-state index in [2.05, 4.69) is 101 Å². The second-order valence-electron chi connectivity index (χ2n) is 7.50. The molecule has 3 aromatic rings. The summed E-state index contributed by atoms with van der Waals surface area (Å²) in [6, 6.07) is 21.6. The molecule has 0 amide bonds. The van der Waals surface area contributed by atoms with Gasteiger partial charge in [-0.05, 0) is 0 Å². The third-order valence-electron chi connectivity index (χ3n) is 5.05. The SMILES string of the molecule is C=C(C)c1ccccc1CCc1cc(=C)c([I-]c2ccccc2C(=C)C)cc1=C. The van der Waals surface area contributed by atoms with Crippen LogP contribution in [0.2, 0.25) is 0 Å². The van der Waals surface area contributed by atoms with Gasteiger partial charge in [-0.15, -0.1) is 0 Å². The van der Waals surface area contributed by atoms with Gasteiger partial charge in [0.25, 0.3) is 0 Å². The van der Waals surface area contributed by atoms with E-state index in [4.69, 9.17) is 0 Å². The van der Waals surface area contributed by atoms with E-state index in [0.29, 0.717) is 0 Å². The van der Waals surface area contributed by atoms with Crippen LogP contribution in [-0.2, 0) is 12.8 Å². The molecule has 0 heterocycles. The van der Waals surface area contributed by atoms with Crippen molar-refractivity contribution in [3.05, 3.63) is 114 Å². The molecule has 0 fully saturated rings. The topological polar surface area (TPSA) is 0 Å². The normalized spacial score (nSPS) is 10.8. The van der Waals surface area contributed by atoms with Crippen molar-refractivity contribution in [3.63, 3.8) is 0 Å². The van der Waals surface area contributed by atoms with Gasteiger partial charge in [-0.25, -0.2) is 0 Å². The zero-order valence-electron chi connectivity index (χ0n) is 17.4. The molecule has 0 aliphatic carbocycles. The number of allylic oxidation sites excluding steroid dienone is 2. The zero-order chi connectivity index (χ0) is 21.0. The van der Waals surface area contributed by atoms with E-state index >= 15 is 0 Å². The van der Waals surface area contributed by atoms with E-state index in [1.165, 1.54) is 29.4 Å². The molecule has 1 heteroatoms. The van der Waals surface area contributed by atoms with Crippen LogP contribution < -0.4 is 31.6 Å². The molecular formula is C28H28I-. The van der Waals surface area contributed by atoms with E-state index in [9.17, 15) is 0 Å². The maximum absolute atomic E-state index is 4.36. The number of halogens is 1. The second-order valence-corrected chi connectivity index (χ2v) is 10.4. The summed E-state index contributed by atoms with van der Waals surface area (Å²) in [5.74, 6) is 0. The van der Waals surface area contributed by atoms with Gasteiger partial charge in [0.05, 0.1) is 0 Å². The molecule has 0 nitrogen and oxygen atoms in total. The molecule has 0 aliphatic rings. The summed E-state index contributed by atoms with van der Waals surface area (Å²) in [4.78, 5) is 0. The summed E-state index contributed by atoms with van der Waals surface area (Å²) in [5.41, 5.74) is 7.39. The maximum atomic E-state index is 4.36. The number of aryl methyl sites for hydroxylation is 2. The van der Waals surface area contributed by atoms with Crippen molar-refractivity contribution in [1.29, 1.82) is 0 Å². The Morgan fingerprint density at radius 3 is 1.97 bits per heavy atom. The van der Waals surface area contributed by atoms with Crippen molar-refractivity contribution in [3.8, 4) is 0 Å². The zero-order valence-corrected chi connectivity index (χ0v) is 19.6. The van der Waals surface area contributed by atoms with Crippen LogP contribution in [0.1, 0.15) is 36.1 Å². The second kappa shape index (κ2) is 9.41. The minimum atomic E-state index is -0.321. The van der Waals surface area contributed by atoms with E-state index in [1.807, 2.05) is 0 Å². The molecule has 0 spiro atoms. The van der Waals surface area contributed by atoms with Gasteiger partial charge in [0.2, 0.25) is 0 Å². The first kappa shape index (κ1) is 21.3. The van der Waals surface area contributed by atoms with Crippen molar-refractivity contribution in [2.75, 3.05) is 0 Å². The van der Waals surface area contributed by atoms with Gasteiger partial charge in [0, 0.05) is 0 Å². The molecule has 0 unspecified atom stereocenters. The van der Waals surface area contributed by atoms with Crippen LogP contribution in [0.15, 0.2) is 73.8 Å². The first-order chi connectivity index (χ1) is 13.9. The van der Waals surface area contributed by atoms with Gasteiger partial charge in [-0.2, -0.15) is 0 Å². The Morgan fingerprint density at radius 2 is 1.28 bits per heavy atom. The minimum absolute atomic E-state index is 0.321. The summed E-state index contributed by atoms with van der Waals surface area (Å²) in [6.45, 7) is 21.1. The molecule has 0 bridgehead atoms. The molecule has 0 saturated heterocycles. The molecule has 0 aliphatic heterocycles. The molecule has 0 saturated carbocycles. The average molecular weight is 491 g/mol. The molecule has 0 aromatic heterocycles. The van der Waals surface area contributed by atoms with Gasteiger partial charge in [0.1, 0.15) is 0 Å². The van der Waals surface area contributed by atoms with Crippen LogP contribution in [0.3, 0.4) is 0 Å². The van der Waals surface area contributed by atoms with E-state index in [0.717, 1.165) is 34.4 Å². The van der Waals surface area contributed by atoms with Crippen LogP contribution in [0.5, 0.6) is 0 Å². The molecule has 3 rings (SSSR count). The molecule has 0 radical (unpaired) electrons.